The topological polar surface area (TPSA) is 90.6 Å². The van der Waals surface area contributed by atoms with Crippen molar-refractivity contribution in [3.8, 4) is 28.6 Å². The van der Waals surface area contributed by atoms with Crippen molar-refractivity contribution in [2.75, 3.05) is 20.0 Å². The molecule has 3 aromatic carbocycles. The summed E-state index contributed by atoms with van der Waals surface area (Å²) in [4.78, 5) is 12.5. The summed E-state index contributed by atoms with van der Waals surface area (Å²) >= 11 is 1.29. The van der Waals surface area contributed by atoms with Crippen molar-refractivity contribution < 1.29 is 14.3 Å². The molecule has 0 fully saturated rings. The van der Waals surface area contributed by atoms with Crippen LogP contribution in [0.5, 0.6) is 11.5 Å². The number of hydrogen-bond acceptors (Lipinski definition) is 7. The van der Waals surface area contributed by atoms with Crippen molar-refractivity contribution in [1.82, 2.24) is 20.2 Å². The van der Waals surface area contributed by atoms with Crippen LogP contribution in [-0.4, -0.2) is 46.9 Å². The van der Waals surface area contributed by atoms with Crippen LogP contribution >= 0.6 is 11.8 Å². The number of nitrogens with one attached hydrogen (secondary N) is 1. The van der Waals surface area contributed by atoms with E-state index in [1.54, 1.807) is 32.4 Å². The Morgan fingerprint density at radius 1 is 1.03 bits per heavy atom. The molecule has 0 aliphatic carbocycles. The molecule has 0 atom stereocenters. The molecule has 1 amide bonds. The molecule has 0 bridgehead atoms. The monoisotopic (exact) mass is 487 g/mol. The highest BCUT2D eigenvalue weighted by molar-refractivity contribution is 7.99. The summed E-state index contributed by atoms with van der Waals surface area (Å²) in [5.41, 5.74) is 6.26. The zero-order valence-corrected chi connectivity index (χ0v) is 20.5. The molecule has 0 aliphatic rings. The van der Waals surface area contributed by atoms with Crippen LogP contribution in [0.3, 0.4) is 0 Å². The van der Waals surface area contributed by atoms with E-state index in [-0.39, 0.29) is 11.7 Å². The SMILES string of the molecule is COc1ccc(OC)c(/C=N/NC(=O)CSc2nnc(-c3ccc(C)cc3)n2-c2ccccc2)c1. The van der Waals surface area contributed by atoms with Crippen molar-refractivity contribution in [2.45, 2.75) is 12.1 Å². The van der Waals surface area contributed by atoms with Gasteiger partial charge in [-0.3, -0.25) is 9.36 Å². The summed E-state index contributed by atoms with van der Waals surface area (Å²) in [6.07, 6.45) is 1.52. The molecule has 8 nitrogen and oxygen atoms in total. The van der Waals surface area contributed by atoms with Gasteiger partial charge < -0.3 is 9.47 Å². The first-order valence-electron chi connectivity index (χ1n) is 10.8. The molecule has 4 rings (SSSR count). The summed E-state index contributed by atoms with van der Waals surface area (Å²) in [7, 11) is 3.16. The molecule has 0 spiro atoms. The fourth-order valence-corrected chi connectivity index (χ4v) is 4.08. The van der Waals surface area contributed by atoms with Crippen molar-refractivity contribution in [3.63, 3.8) is 0 Å². The van der Waals surface area contributed by atoms with Crippen LogP contribution < -0.4 is 14.9 Å². The van der Waals surface area contributed by atoms with Gasteiger partial charge in [0.25, 0.3) is 5.91 Å². The predicted octanol–water partition coefficient (Wildman–Crippen LogP) is 4.50. The summed E-state index contributed by atoms with van der Waals surface area (Å²) in [5, 5.41) is 13.4. The Kier molecular flexibility index (Phi) is 7.79. The summed E-state index contributed by atoms with van der Waals surface area (Å²) < 4.78 is 12.5. The second-order valence-corrected chi connectivity index (χ2v) is 8.48. The molecule has 0 radical (unpaired) electrons. The number of thioether (sulfide) groups is 1. The summed E-state index contributed by atoms with van der Waals surface area (Å²) in [5.74, 6) is 1.84. The van der Waals surface area contributed by atoms with Crippen LogP contribution in [0.15, 0.2) is 83.1 Å². The molecular formula is C26H25N5O3S. The highest BCUT2D eigenvalue weighted by Crippen LogP contribution is 2.28. The lowest BCUT2D eigenvalue weighted by molar-refractivity contribution is -0.118. The van der Waals surface area contributed by atoms with Crippen LogP contribution in [0, 0.1) is 6.92 Å². The van der Waals surface area contributed by atoms with Gasteiger partial charge in [0.05, 0.1) is 26.2 Å². The highest BCUT2D eigenvalue weighted by Gasteiger charge is 2.17. The number of amides is 1. The molecule has 9 heteroatoms. The number of carbonyl (C=O) groups excluding carboxylic acids is 1. The molecule has 35 heavy (non-hydrogen) atoms. The quantitative estimate of drug-likeness (QED) is 0.212. The van der Waals surface area contributed by atoms with Crippen LogP contribution in [0.2, 0.25) is 0 Å². The zero-order chi connectivity index (χ0) is 24.6. The van der Waals surface area contributed by atoms with E-state index in [1.807, 2.05) is 66.1 Å². The van der Waals surface area contributed by atoms with Gasteiger partial charge >= 0.3 is 0 Å². The van der Waals surface area contributed by atoms with Crippen molar-refractivity contribution >= 4 is 23.9 Å². The Bertz CT molecular complexity index is 1320. The van der Waals surface area contributed by atoms with E-state index < -0.39 is 0 Å². The number of benzene rings is 3. The van der Waals surface area contributed by atoms with Gasteiger partial charge in [-0.15, -0.1) is 10.2 Å². The Balaban J connectivity index is 1.48. The molecule has 0 saturated carbocycles. The van der Waals surface area contributed by atoms with Crippen LogP contribution in [-0.2, 0) is 4.79 Å². The Morgan fingerprint density at radius 3 is 2.51 bits per heavy atom. The van der Waals surface area contributed by atoms with E-state index in [0.717, 1.165) is 16.8 Å². The smallest absolute Gasteiger partial charge is 0.250 e. The highest BCUT2D eigenvalue weighted by atomic mass is 32.2. The predicted molar refractivity (Wildman–Crippen MR) is 138 cm³/mol. The fourth-order valence-electron chi connectivity index (χ4n) is 3.34. The first kappa shape index (κ1) is 24.0. The Labute approximate surface area is 208 Å². The maximum atomic E-state index is 12.5. The van der Waals surface area contributed by atoms with Crippen molar-refractivity contribution in [2.24, 2.45) is 5.10 Å². The number of carbonyl (C=O) groups is 1. The molecule has 1 heterocycles. The van der Waals surface area contributed by atoms with Gasteiger partial charge in [0.2, 0.25) is 0 Å². The van der Waals surface area contributed by atoms with Gasteiger partial charge in [-0.2, -0.15) is 5.10 Å². The van der Waals surface area contributed by atoms with Crippen LogP contribution in [0.4, 0.5) is 0 Å². The number of aryl methyl sites for hydroxylation is 1. The number of aromatic nitrogens is 3. The lowest BCUT2D eigenvalue weighted by Gasteiger charge is -2.10. The Hall–Kier alpha value is -4.11. The van der Waals surface area contributed by atoms with Crippen LogP contribution in [0.25, 0.3) is 17.1 Å². The minimum absolute atomic E-state index is 0.117. The van der Waals surface area contributed by atoms with E-state index >= 15 is 0 Å². The normalized spacial score (nSPS) is 10.9. The molecule has 1 aromatic heterocycles. The fraction of sp³-hybridized carbons (Fsp3) is 0.154. The van der Waals surface area contributed by atoms with E-state index in [4.69, 9.17) is 9.47 Å². The van der Waals surface area contributed by atoms with Crippen LogP contribution in [0.1, 0.15) is 11.1 Å². The minimum atomic E-state index is -0.271. The second-order valence-electron chi connectivity index (χ2n) is 7.53. The number of hydrogen-bond donors (Lipinski definition) is 1. The minimum Gasteiger partial charge on any atom is -0.497 e. The van der Waals surface area contributed by atoms with Gasteiger partial charge in [-0.05, 0) is 37.3 Å². The molecular weight excluding hydrogens is 462 g/mol. The summed E-state index contributed by atoms with van der Waals surface area (Å²) in [6, 6.07) is 23.3. The number of para-hydroxylation sites is 1. The molecule has 0 saturated heterocycles. The molecule has 0 unspecified atom stereocenters. The zero-order valence-electron chi connectivity index (χ0n) is 19.6. The largest absolute Gasteiger partial charge is 0.497 e. The van der Waals surface area contributed by atoms with Crippen molar-refractivity contribution in [1.29, 1.82) is 0 Å². The average Bonchev–Trinajstić information content (AvgIpc) is 3.32. The van der Waals surface area contributed by atoms with E-state index in [0.29, 0.717) is 28.0 Å². The van der Waals surface area contributed by atoms with Gasteiger partial charge in [0.15, 0.2) is 11.0 Å². The average molecular weight is 488 g/mol. The third-order valence-electron chi connectivity index (χ3n) is 5.12. The maximum Gasteiger partial charge on any atom is 0.250 e. The van der Waals surface area contributed by atoms with Gasteiger partial charge in [-0.25, -0.2) is 5.43 Å². The lowest BCUT2D eigenvalue weighted by Crippen LogP contribution is -2.20. The van der Waals surface area contributed by atoms with E-state index in [9.17, 15) is 4.79 Å². The molecule has 0 aliphatic heterocycles. The maximum absolute atomic E-state index is 12.5. The molecule has 178 valence electrons. The standard InChI is InChI=1S/C26H25N5O3S/c1-18-9-11-19(12-10-18)25-29-30-26(31(25)21-7-5-4-6-8-21)35-17-24(32)28-27-16-20-15-22(33-2)13-14-23(20)34-3/h4-16H,17H2,1-3H3,(H,28,32)/b27-16+. The van der Waals surface area contributed by atoms with Crippen molar-refractivity contribution in [3.05, 3.63) is 83.9 Å². The van der Waals surface area contributed by atoms with E-state index in [1.165, 1.54) is 18.0 Å². The molecule has 1 N–H and O–H groups in total. The summed E-state index contributed by atoms with van der Waals surface area (Å²) in [6.45, 7) is 2.04. The number of nitrogens with zero attached hydrogens (tertiary/aromatic N) is 4. The second kappa shape index (κ2) is 11.3. The Morgan fingerprint density at radius 2 is 1.80 bits per heavy atom. The van der Waals surface area contributed by atoms with E-state index in [2.05, 4.69) is 20.7 Å². The molecule has 4 aromatic rings. The number of methoxy groups -OCH3 is 2. The first-order valence-corrected chi connectivity index (χ1v) is 11.8. The third-order valence-corrected chi connectivity index (χ3v) is 6.05. The number of rotatable bonds is 9. The first-order chi connectivity index (χ1) is 17.1. The third kappa shape index (κ3) is 5.88. The van der Waals surface area contributed by atoms with Gasteiger partial charge in [-0.1, -0.05) is 59.8 Å². The van der Waals surface area contributed by atoms with Gasteiger partial charge in [0, 0.05) is 16.8 Å². The number of ether oxygens (including phenoxy) is 2. The number of hydrazone groups is 1. The lowest BCUT2D eigenvalue weighted by atomic mass is 10.1. The van der Waals surface area contributed by atoms with Gasteiger partial charge in [0.1, 0.15) is 11.5 Å².